The molecule has 0 unspecified atom stereocenters. The highest BCUT2D eigenvalue weighted by Gasteiger charge is 2.26. The van der Waals surface area contributed by atoms with Crippen molar-refractivity contribution in [2.45, 2.75) is 45.4 Å². The maximum Gasteiger partial charge on any atom is 0.302 e. The Bertz CT molecular complexity index is 516. The second-order valence-electron chi connectivity index (χ2n) is 6.46. The minimum absolute atomic E-state index is 0.160. The van der Waals surface area contributed by atoms with E-state index in [-0.39, 0.29) is 17.7 Å². The summed E-state index contributed by atoms with van der Waals surface area (Å²) in [6, 6.07) is 7.87. The average molecular weight is 317 g/mol. The molecule has 1 fully saturated rings. The van der Waals surface area contributed by atoms with Gasteiger partial charge in [0.25, 0.3) is 0 Å². The lowest BCUT2D eigenvalue weighted by Gasteiger charge is -2.26. The predicted molar refractivity (Wildman–Crippen MR) is 90.2 cm³/mol. The summed E-state index contributed by atoms with van der Waals surface area (Å²) in [6.45, 7) is 2.60. The van der Waals surface area contributed by atoms with Gasteiger partial charge in [0.05, 0.1) is 6.61 Å². The molecule has 0 amide bonds. The zero-order valence-corrected chi connectivity index (χ0v) is 13.9. The van der Waals surface area contributed by atoms with Gasteiger partial charge in [-0.3, -0.25) is 9.59 Å². The van der Waals surface area contributed by atoms with Gasteiger partial charge in [0.15, 0.2) is 5.78 Å². The molecule has 23 heavy (non-hydrogen) atoms. The Balaban J connectivity index is 1.82. The van der Waals surface area contributed by atoms with E-state index in [4.69, 9.17) is 10.5 Å². The zero-order chi connectivity index (χ0) is 16.7. The van der Waals surface area contributed by atoms with Crippen molar-refractivity contribution in [3.05, 3.63) is 35.4 Å². The van der Waals surface area contributed by atoms with Crippen LogP contribution in [-0.2, 0) is 16.0 Å². The lowest BCUT2D eigenvalue weighted by molar-refractivity contribution is -0.141. The fraction of sp³-hybridized carbons (Fsp3) is 0.579. The van der Waals surface area contributed by atoms with Crippen LogP contribution in [0.5, 0.6) is 0 Å². The van der Waals surface area contributed by atoms with Gasteiger partial charge in [-0.05, 0) is 56.6 Å². The molecule has 2 N–H and O–H groups in total. The molecule has 0 aliphatic heterocycles. The van der Waals surface area contributed by atoms with Gasteiger partial charge in [-0.25, -0.2) is 0 Å². The van der Waals surface area contributed by atoms with E-state index in [9.17, 15) is 9.59 Å². The molecule has 0 heterocycles. The average Bonchev–Trinajstić information content (AvgIpc) is 2.58. The van der Waals surface area contributed by atoms with Gasteiger partial charge in [0.2, 0.25) is 0 Å². The summed E-state index contributed by atoms with van der Waals surface area (Å²) in [7, 11) is 0. The summed E-state index contributed by atoms with van der Waals surface area (Å²) in [6.07, 6.45) is 5.72. The van der Waals surface area contributed by atoms with Gasteiger partial charge in [0, 0.05) is 18.4 Å². The van der Waals surface area contributed by atoms with Crippen LogP contribution >= 0.6 is 0 Å². The molecule has 2 rings (SSSR count). The number of aryl methyl sites for hydroxylation is 1. The first kappa shape index (κ1) is 17.7. The minimum atomic E-state index is -0.240. The van der Waals surface area contributed by atoms with E-state index < -0.39 is 0 Å². The van der Waals surface area contributed by atoms with Crippen molar-refractivity contribution >= 4 is 11.8 Å². The second-order valence-corrected chi connectivity index (χ2v) is 6.46. The molecule has 0 aromatic heterocycles. The van der Waals surface area contributed by atoms with E-state index >= 15 is 0 Å². The minimum Gasteiger partial charge on any atom is -0.466 e. The number of ether oxygens (including phenoxy) is 1. The number of rotatable bonds is 7. The molecule has 1 aliphatic rings. The first-order valence-corrected chi connectivity index (χ1v) is 8.56. The van der Waals surface area contributed by atoms with Crippen LogP contribution in [0.15, 0.2) is 24.3 Å². The molecule has 4 heteroatoms. The van der Waals surface area contributed by atoms with E-state index in [2.05, 4.69) is 0 Å². The van der Waals surface area contributed by atoms with Gasteiger partial charge in [0.1, 0.15) is 0 Å². The van der Waals surface area contributed by atoms with E-state index in [1.54, 1.807) is 0 Å². The normalized spacial score (nSPS) is 21.0. The van der Waals surface area contributed by atoms with Crippen LogP contribution in [0.3, 0.4) is 0 Å². The van der Waals surface area contributed by atoms with Crippen molar-refractivity contribution in [2.24, 2.45) is 17.6 Å². The van der Waals surface area contributed by atoms with E-state index in [0.29, 0.717) is 12.5 Å². The maximum atomic E-state index is 12.6. The van der Waals surface area contributed by atoms with E-state index in [0.717, 1.165) is 50.6 Å². The third-order valence-corrected chi connectivity index (χ3v) is 4.70. The Hall–Kier alpha value is -1.68. The van der Waals surface area contributed by atoms with Gasteiger partial charge < -0.3 is 10.5 Å². The molecule has 0 radical (unpaired) electrons. The molecule has 1 saturated carbocycles. The fourth-order valence-corrected chi connectivity index (χ4v) is 3.22. The molecule has 126 valence electrons. The number of Topliss-reactive ketones (excluding diaryl/α,β-unsaturated/α-hetero) is 1. The number of esters is 1. The smallest absolute Gasteiger partial charge is 0.302 e. The van der Waals surface area contributed by atoms with Crippen LogP contribution in [0.25, 0.3) is 0 Å². The highest BCUT2D eigenvalue weighted by Crippen LogP contribution is 2.30. The Morgan fingerprint density at radius 2 is 1.78 bits per heavy atom. The van der Waals surface area contributed by atoms with Crippen molar-refractivity contribution in [1.82, 2.24) is 0 Å². The molecule has 0 atom stereocenters. The molecular weight excluding hydrogens is 290 g/mol. The van der Waals surface area contributed by atoms with Gasteiger partial charge >= 0.3 is 5.97 Å². The Morgan fingerprint density at radius 3 is 2.35 bits per heavy atom. The van der Waals surface area contributed by atoms with Crippen LogP contribution in [0.2, 0.25) is 0 Å². The van der Waals surface area contributed by atoms with E-state index in [1.165, 1.54) is 12.5 Å². The first-order valence-electron chi connectivity index (χ1n) is 8.56. The third-order valence-electron chi connectivity index (χ3n) is 4.70. The van der Waals surface area contributed by atoms with Crippen LogP contribution in [0.4, 0.5) is 0 Å². The first-order chi connectivity index (χ1) is 11.1. The van der Waals surface area contributed by atoms with Crippen LogP contribution in [-0.4, -0.2) is 24.9 Å². The molecule has 4 nitrogen and oxygen atoms in total. The topological polar surface area (TPSA) is 69.4 Å². The molecule has 0 saturated heterocycles. The molecule has 1 aliphatic carbocycles. The molecule has 1 aromatic rings. The maximum absolute atomic E-state index is 12.6. The Labute approximate surface area is 138 Å². The second kappa shape index (κ2) is 8.82. The molecule has 1 aromatic carbocycles. The Kier molecular flexibility index (Phi) is 6.78. The fourth-order valence-electron chi connectivity index (χ4n) is 3.22. The number of hydrogen-bond donors (Lipinski definition) is 1. The van der Waals surface area contributed by atoms with Crippen molar-refractivity contribution < 1.29 is 14.3 Å². The molecule has 0 spiro atoms. The summed E-state index contributed by atoms with van der Waals surface area (Å²) < 4.78 is 4.92. The highest BCUT2D eigenvalue weighted by molar-refractivity contribution is 5.97. The largest absolute Gasteiger partial charge is 0.466 e. The van der Waals surface area contributed by atoms with Gasteiger partial charge in [-0.2, -0.15) is 0 Å². The number of nitrogens with two attached hydrogens (primary N) is 1. The standard InChI is InChI=1S/C19H27NO3/c1-14(21)23-12-2-3-15-4-8-17(9-5-15)19(22)18-10-6-16(13-20)7-11-18/h4-5,8-9,16,18H,2-3,6-7,10-13,20H2,1H3. The number of benzene rings is 1. The molecular formula is C19H27NO3. The summed E-state index contributed by atoms with van der Waals surface area (Å²) in [5, 5.41) is 0. The quantitative estimate of drug-likeness (QED) is 0.476. The molecule has 0 bridgehead atoms. The summed E-state index contributed by atoms with van der Waals surface area (Å²) >= 11 is 0. The van der Waals surface area contributed by atoms with Crippen molar-refractivity contribution in [3.63, 3.8) is 0 Å². The summed E-state index contributed by atoms with van der Waals surface area (Å²) in [4.78, 5) is 23.3. The van der Waals surface area contributed by atoms with Crippen molar-refractivity contribution in [1.29, 1.82) is 0 Å². The van der Waals surface area contributed by atoms with Crippen molar-refractivity contribution in [2.75, 3.05) is 13.2 Å². The van der Waals surface area contributed by atoms with Gasteiger partial charge in [-0.1, -0.05) is 24.3 Å². The monoisotopic (exact) mass is 317 g/mol. The van der Waals surface area contributed by atoms with E-state index in [1.807, 2.05) is 24.3 Å². The lowest BCUT2D eigenvalue weighted by Crippen LogP contribution is -2.25. The van der Waals surface area contributed by atoms with Crippen LogP contribution in [0, 0.1) is 11.8 Å². The number of ketones is 1. The number of hydrogen-bond acceptors (Lipinski definition) is 4. The summed E-state index contributed by atoms with van der Waals surface area (Å²) in [5.74, 6) is 0.786. The van der Waals surface area contributed by atoms with Gasteiger partial charge in [-0.15, -0.1) is 0 Å². The SMILES string of the molecule is CC(=O)OCCCc1ccc(C(=O)C2CCC(CN)CC2)cc1. The number of carbonyl (C=O) groups excluding carboxylic acids is 2. The number of carbonyl (C=O) groups is 2. The lowest BCUT2D eigenvalue weighted by atomic mass is 9.78. The Morgan fingerprint density at radius 1 is 1.13 bits per heavy atom. The van der Waals surface area contributed by atoms with Crippen LogP contribution < -0.4 is 5.73 Å². The predicted octanol–water partition coefficient (Wildman–Crippen LogP) is 3.13. The van der Waals surface area contributed by atoms with Crippen molar-refractivity contribution in [3.8, 4) is 0 Å². The summed E-state index contributed by atoms with van der Waals surface area (Å²) in [5.41, 5.74) is 7.68. The van der Waals surface area contributed by atoms with Crippen LogP contribution in [0.1, 0.15) is 54.9 Å². The highest BCUT2D eigenvalue weighted by atomic mass is 16.5. The zero-order valence-electron chi connectivity index (χ0n) is 13.9. The third kappa shape index (κ3) is 5.47.